The number of ether oxygens (including phenoxy) is 1. The van der Waals surface area contributed by atoms with Crippen molar-refractivity contribution in [3.05, 3.63) is 77.1 Å². The normalized spacial score (nSPS) is 10.6. The Morgan fingerprint density at radius 3 is 2.73 bits per heavy atom. The Bertz CT molecular complexity index is 1240. The molecule has 0 saturated carbocycles. The number of halogens is 1. The average Bonchev–Trinajstić information content (AvgIpc) is 2.79. The van der Waals surface area contributed by atoms with Crippen LogP contribution in [0.15, 0.2) is 60.9 Å². The van der Waals surface area contributed by atoms with Crippen molar-refractivity contribution in [2.75, 3.05) is 19.0 Å². The third-order valence-corrected chi connectivity index (χ3v) is 5.06. The van der Waals surface area contributed by atoms with Crippen LogP contribution in [0, 0.1) is 11.3 Å². The predicted molar refractivity (Wildman–Crippen MR) is 118 cm³/mol. The molecular weight excluding hydrogens is 398 g/mol. The van der Waals surface area contributed by atoms with Gasteiger partial charge in [-0.15, -0.1) is 10.2 Å². The van der Waals surface area contributed by atoms with Crippen LogP contribution < -0.4 is 10.1 Å². The average molecular weight is 416 g/mol. The first-order valence-electron chi connectivity index (χ1n) is 9.37. The van der Waals surface area contributed by atoms with Crippen molar-refractivity contribution >= 4 is 28.2 Å². The smallest absolute Gasteiger partial charge is 0.156 e. The molecule has 4 rings (SSSR count). The highest BCUT2D eigenvalue weighted by atomic mass is 35.5. The number of anilines is 1. The third kappa shape index (κ3) is 4.02. The summed E-state index contributed by atoms with van der Waals surface area (Å²) >= 11 is 6.21. The van der Waals surface area contributed by atoms with Crippen molar-refractivity contribution in [2.45, 2.75) is 6.42 Å². The Morgan fingerprint density at radius 1 is 1.10 bits per heavy atom. The molecule has 148 valence electrons. The Labute approximate surface area is 179 Å². The number of hydrogen-bond donors (Lipinski definition) is 1. The number of hydrogen-bond acceptors (Lipinski definition) is 6. The number of benzene rings is 2. The third-order valence-electron chi connectivity index (χ3n) is 4.77. The van der Waals surface area contributed by atoms with Crippen molar-refractivity contribution < 1.29 is 4.74 Å². The minimum atomic E-state index is 0.567. The van der Waals surface area contributed by atoms with E-state index in [-0.39, 0.29) is 0 Å². The number of methoxy groups -OCH3 is 1. The SMILES string of the molecule is COc1ccc(CCNc2nnc(-c3cccnc3)c3ccc(C#N)cc23)cc1Cl. The summed E-state index contributed by atoms with van der Waals surface area (Å²) in [5, 5.41) is 23.8. The summed E-state index contributed by atoms with van der Waals surface area (Å²) in [6.07, 6.45) is 4.21. The van der Waals surface area contributed by atoms with Gasteiger partial charge < -0.3 is 10.1 Å². The zero-order chi connectivity index (χ0) is 20.9. The van der Waals surface area contributed by atoms with Crippen LogP contribution >= 0.6 is 11.6 Å². The molecule has 0 saturated heterocycles. The predicted octanol–water partition coefficient (Wildman–Crippen LogP) is 4.88. The van der Waals surface area contributed by atoms with Gasteiger partial charge in [-0.1, -0.05) is 23.7 Å². The lowest BCUT2D eigenvalue weighted by Crippen LogP contribution is -2.08. The first-order valence-corrected chi connectivity index (χ1v) is 9.74. The first-order chi connectivity index (χ1) is 14.7. The molecule has 2 aromatic heterocycles. The Morgan fingerprint density at radius 2 is 2.00 bits per heavy atom. The zero-order valence-corrected chi connectivity index (χ0v) is 17.0. The molecule has 4 aromatic rings. The number of nitriles is 1. The molecule has 0 fully saturated rings. The zero-order valence-electron chi connectivity index (χ0n) is 16.3. The molecule has 1 N–H and O–H groups in total. The molecule has 2 aromatic carbocycles. The van der Waals surface area contributed by atoms with Gasteiger partial charge in [-0.25, -0.2) is 0 Å². The summed E-state index contributed by atoms with van der Waals surface area (Å²) in [7, 11) is 1.59. The van der Waals surface area contributed by atoms with E-state index in [1.807, 2.05) is 42.5 Å². The summed E-state index contributed by atoms with van der Waals surface area (Å²) in [4.78, 5) is 4.17. The van der Waals surface area contributed by atoms with Crippen LogP contribution in [0.25, 0.3) is 22.0 Å². The number of fused-ring (bicyclic) bond motifs is 1. The van der Waals surface area contributed by atoms with Gasteiger partial charge >= 0.3 is 0 Å². The van der Waals surface area contributed by atoms with E-state index in [2.05, 4.69) is 26.6 Å². The molecule has 0 spiro atoms. The van der Waals surface area contributed by atoms with Gasteiger partial charge in [0, 0.05) is 35.3 Å². The van der Waals surface area contributed by atoms with Crippen LogP contribution in [-0.2, 0) is 6.42 Å². The maximum Gasteiger partial charge on any atom is 0.156 e. The molecule has 7 heteroatoms. The fraction of sp³-hybridized carbons (Fsp3) is 0.130. The Balaban J connectivity index is 1.62. The molecule has 0 atom stereocenters. The van der Waals surface area contributed by atoms with E-state index in [4.69, 9.17) is 16.3 Å². The molecule has 0 bridgehead atoms. The van der Waals surface area contributed by atoms with E-state index in [0.717, 1.165) is 34.0 Å². The topological polar surface area (TPSA) is 83.7 Å². The summed E-state index contributed by atoms with van der Waals surface area (Å²) in [6.45, 7) is 0.634. The largest absolute Gasteiger partial charge is 0.495 e. The first kappa shape index (κ1) is 19.6. The lowest BCUT2D eigenvalue weighted by Gasteiger charge is -2.12. The van der Waals surface area contributed by atoms with Crippen LogP contribution in [0.2, 0.25) is 5.02 Å². The molecule has 0 aliphatic heterocycles. The van der Waals surface area contributed by atoms with Crippen LogP contribution in [0.5, 0.6) is 5.75 Å². The minimum Gasteiger partial charge on any atom is -0.495 e. The van der Waals surface area contributed by atoms with Gasteiger partial charge in [-0.05, 0) is 48.4 Å². The second-order valence-electron chi connectivity index (χ2n) is 6.66. The van der Waals surface area contributed by atoms with Gasteiger partial charge in [0.15, 0.2) is 5.82 Å². The molecule has 0 unspecified atom stereocenters. The maximum absolute atomic E-state index is 9.33. The molecule has 0 aliphatic carbocycles. The number of pyridine rings is 1. The van der Waals surface area contributed by atoms with Gasteiger partial charge in [0.25, 0.3) is 0 Å². The second kappa shape index (κ2) is 8.76. The molecule has 0 amide bonds. The highest BCUT2D eigenvalue weighted by Gasteiger charge is 2.12. The lowest BCUT2D eigenvalue weighted by atomic mass is 10.0. The Kier molecular flexibility index (Phi) is 5.73. The van der Waals surface area contributed by atoms with Crippen molar-refractivity contribution in [2.24, 2.45) is 0 Å². The second-order valence-corrected chi connectivity index (χ2v) is 7.06. The van der Waals surface area contributed by atoms with E-state index in [9.17, 15) is 5.26 Å². The van der Waals surface area contributed by atoms with E-state index in [1.54, 1.807) is 25.6 Å². The molecular formula is C23H18ClN5O. The number of rotatable bonds is 6. The van der Waals surface area contributed by atoms with E-state index in [0.29, 0.717) is 28.7 Å². The number of nitrogens with zero attached hydrogens (tertiary/aromatic N) is 4. The Hall–Kier alpha value is -3.69. The van der Waals surface area contributed by atoms with Gasteiger partial charge in [0.2, 0.25) is 0 Å². The molecule has 2 heterocycles. The van der Waals surface area contributed by atoms with Crippen LogP contribution in [0.1, 0.15) is 11.1 Å². The summed E-state index contributed by atoms with van der Waals surface area (Å²) in [6, 6.07) is 17.2. The molecule has 0 aliphatic rings. The standard InChI is InChI=1S/C23H18ClN5O/c1-30-21-7-5-15(12-20(21)24)8-10-27-23-19-11-16(13-25)4-6-18(19)22(28-29-23)17-3-2-9-26-14-17/h2-7,9,11-12,14H,8,10H2,1H3,(H,27,29). The summed E-state index contributed by atoms with van der Waals surface area (Å²) in [5.41, 5.74) is 3.25. The van der Waals surface area contributed by atoms with E-state index < -0.39 is 0 Å². The van der Waals surface area contributed by atoms with Crippen molar-refractivity contribution in [3.63, 3.8) is 0 Å². The monoisotopic (exact) mass is 415 g/mol. The van der Waals surface area contributed by atoms with Crippen LogP contribution in [0.3, 0.4) is 0 Å². The van der Waals surface area contributed by atoms with Gasteiger partial charge in [0.05, 0.1) is 23.8 Å². The summed E-state index contributed by atoms with van der Waals surface area (Å²) < 4.78 is 5.19. The van der Waals surface area contributed by atoms with Gasteiger partial charge in [-0.3, -0.25) is 4.98 Å². The van der Waals surface area contributed by atoms with Crippen molar-refractivity contribution in [1.29, 1.82) is 5.26 Å². The number of aromatic nitrogens is 3. The van der Waals surface area contributed by atoms with Crippen LogP contribution in [0.4, 0.5) is 5.82 Å². The quantitative estimate of drug-likeness (QED) is 0.483. The summed E-state index contributed by atoms with van der Waals surface area (Å²) in [5.74, 6) is 1.29. The molecule has 6 nitrogen and oxygen atoms in total. The van der Waals surface area contributed by atoms with Gasteiger partial charge in [-0.2, -0.15) is 5.26 Å². The fourth-order valence-corrected chi connectivity index (χ4v) is 3.54. The molecule has 0 radical (unpaired) electrons. The highest BCUT2D eigenvalue weighted by molar-refractivity contribution is 6.32. The van der Waals surface area contributed by atoms with Crippen LogP contribution in [-0.4, -0.2) is 28.8 Å². The minimum absolute atomic E-state index is 0.567. The number of nitrogens with one attached hydrogen (secondary N) is 1. The fourth-order valence-electron chi connectivity index (χ4n) is 3.26. The van der Waals surface area contributed by atoms with Crippen molar-refractivity contribution in [1.82, 2.24) is 15.2 Å². The lowest BCUT2D eigenvalue weighted by molar-refractivity contribution is 0.415. The highest BCUT2D eigenvalue weighted by Crippen LogP contribution is 2.30. The van der Waals surface area contributed by atoms with Crippen molar-refractivity contribution in [3.8, 4) is 23.1 Å². The molecule has 30 heavy (non-hydrogen) atoms. The van der Waals surface area contributed by atoms with E-state index >= 15 is 0 Å². The maximum atomic E-state index is 9.33. The van der Waals surface area contributed by atoms with E-state index in [1.165, 1.54) is 0 Å². The van der Waals surface area contributed by atoms with Gasteiger partial charge in [0.1, 0.15) is 11.4 Å².